The van der Waals surface area contributed by atoms with Gasteiger partial charge in [0.25, 0.3) is 0 Å². The highest BCUT2D eigenvalue weighted by molar-refractivity contribution is 6.34. The molecule has 116 valence electrons. The van der Waals surface area contributed by atoms with E-state index in [0.717, 1.165) is 12.8 Å². The van der Waals surface area contributed by atoms with E-state index in [-0.39, 0.29) is 18.8 Å². The third-order valence-corrected chi connectivity index (χ3v) is 3.03. The Morgan fingerprint density at radius 3 is 2.24 bits per heavy atom. The van der Waals surface area contributed by atoms with Crippen molar-refractivity contribution in [1.29, 1.82) is 0 Å². The van der Waals surface area contributed by atoms with Gasteiger partial charge in [-0.05, 0) is 31.0 Å². The molecule has 1 rings (SSSR count). The summed E-state index contributed by atoms with van der Waals surface area (Å²) in [4.78, 5) is 23.0. The Balaban J connectivity index is 2.26. The summed E-state index contributed by atoms with van der Waals surface area (Å²) in [6, 6.07) is 4.56. The fourth-order valence-electron chi connectivity index (χ4n) is 1.55. The van der Waals surface area contributed by atoms with Crippen LogP contribution in [0.2, 0.25) is 10.0 Å². The Morgan fingerprint density at radius 1 is 1.00 bits per heavy atom. The minimum absolute atomic E-state index is 0.132. The third-order valence-electron chi connectivity index (χ3n) is 2.59. The first kappa shape index (κ1) is 17.8. The average Bonchev–Trinajstić information content (AvgIpc) is 2.37. The lowest BCUT2D eigenvalue weighted by Crippen LogP contribution is -2.10. The molecule has 21 heavy (non-hydrogen) atoms. The average molecular weight is 333 g/mol. The zero-order valence-corrected chi connectivity index (χ0v) is 13.4. The smallest absolute Gasteiger partial charge is 0.311 e. The molecule has 0 saturated carbocycles. The van der Waals surface area contributed by atoms with Crippen LogP contribution in [0.3, 0.4) is 0 Å². The van der Waals surface area contributed by atoms with Crippen LogP contribution in [0.4, 0.5) is 0 Å². The van der Waals surface area contributed by atoms with Gasteiger partial charge in [-0.3, -0.25) is 9.59 Å². The van der Waals surface area contributed by atoms with Crippen molar-refractivity contribution in [2.24, 2.45) is 0 Å². The molecule has 1 aromatic rings. The van der Waals surface area contributed by atoms with Crippen LogP contribution in [-0.4, -0.2) is 18.5 Å². The monoisotopic (exact) mass is 332 g/mol. The van der Waals surface area contributed by atoms with Gasteiger partial charge in [-0.1, -0.05) is 36.5 Å². The van der Waals surface area contributed by atoms with Gasteiger partial charge in [-0.2, -0.15) is 0 Å². The van der Waals surface area contributed by atoms with Gasteiger partial charge < -0.3 is 9.47 Å². The van der Waals surface area contributed by atoms with Crippen LogP contribution >= 0.6 is 23.2 Å². The molecule has 0 amide bonds. The Hall–Kier alpha value is -1.26. The van der Waals surface area contributed by atoms with Gasteiger partial charge in [-0.15, -0.1) is 0 Å². The van der Waals surface area contributed by atoms with Crippen molar-refractivity contribution in [3.05, 3.63) is 28.2 Å². The molecule has 0 radical (unpaired) electrons. The topological polar surface area (TPSA) is 52.6 Å². The molecular weight excluding hydrogens is 315 g/mol. The Morgan fingerprint density at radius 2 is 1.62 bits per heavy atom. The maximum atomic E-state index is 11.6. The molecule has 0 aliphatic rings. The van der Waals surface area contributed by atoms with E-state index >= 15 is 0 Å². The third kappa shape index (κ3) is 7.93. The molecule has 0 N–H and O–H groups in total. The van der Waals surface area contributed by atoms with Gasteiger partial charge in [0.05, 0.1) is 6.61 Å². The lowest BCUT2D eigenvalue weighted by Gasteiger charge is -2.06. The van der Waals surface area contributed by atoms with E-state index in [2.05, 4.69) is 0 Å². The number of carbonyl (C=O) groups is 2. The normalized spacial score (nSPS) is 10.2. The quantitative estimate of drug-likeness (QED) is 0.402. The summed E-state index contributed by atoms with van der Waals surface area (Å²) in [5.74, 6) is -0.431. The van der Waals surface area contributed by atoms with Gasteiger partial charge in [0.15, 0.2) is 0 Å². The molecule has 0 aliphatic carbocycles. The summed E-state index contributed by atoms with van der Waals surface area (Å²) in [6.07, 6.45) is 2.55. The van der Waals surface area contributed by atoms with Gasteiger partial charge >= 0.3 is 11.9 Å². The second-order valence-electron chi connectivity index (χ2n) is 4.51. The van der Waals surface area contributed by atoms with Crippen molar-refractivity contribution in [2.45, 2.75) is 39.0 Å². The molecule has 4 nitrogen and oxygen atoms in total. The van der Waals surface area contributed by atoms with E-state index < -0.39 is 5.97 Å². The van der Waals surface area contributed by atoms with Crippen molar-refractivity contribution in [3.63, 3.8) is 0 Å². The molecule has 0 atom stereocenters. The first-order chi connectivity index (χ1) is 10.0. The number of halogens is 2. The lowest BCUT2D eigenvalue weighted by molar-refractivity contribution is -0.144. The molecule has 0 spiro atoms. The number of carbonyl (C=O) groups excluding carboxylic acids is 2. The highest BCUT2D eigenvalue weighted by atomic mass is 35.5. The number of benzene rings is 1. The van der Waals surface area contributed by atoms with E-state index in [0.29, 0.717) is 28.8 Å². The predicted molar refractivity (Wildman–Crippen MR) is 81.8 cm³/mol. The van der Waals surface area contributed by atoms with Crippen LogP contribution in [-0.2, 0) is 14.3 Å². The summed E-state index contributed by atoms with van der Waals surface area (Å²) >= 11 is 11.6. The Kier molecular flexibility index (Phi) is 8.16. The SMILES string of the molecule is CCCCOC(=O)CCCC(=O)Oc1cc(Cl)cc(Cl)c1. The first-order valence-corrected chi connectivity index (χ1v) is 7.59. The van der Waals surface area contributed by atoms with Gasteiger partial charge in [0, 0.05) is 22.9 Å². The predicted octanol–water partition coefficient (Wildman–Crippen LogP) is 4.41. The van der Waals surface area contributed by atoms with Crippen molar-refractivity contribution < 1.29 is 19.1 Å². The minimum atomic E-state index is -0.435. The molecule has 0 fully saturated rings. The van der Waals surface area contributed by atoms with Crippen LogP contribution in [0.25, 0.3) is 0 Å². The summed E-state index contributed by atoms with van der Waals surface area (Å²) in [6.45, 7) is 2.45. The summed E-state index contributed by atoms with van der Waals surface area (Å²) in [5, 5.41) is 0.787. The molecule has 0 heterocycles. The fraction of sp³-hybridized carbons (Fsp3) is 0.467. The molecule has 0 unspecified atom stereocenters. The van der Waals surface area contributed by atoms with Crippen molar-refractivity contribution >= 4 is 35.1 Å². The van der Waals surface area contributed by atoms with Crippen LogP contribution < -0.4 is 4.74 Å². The van der Waals surface area contributed by atoms with Crippen LogP contribution in [0.1, 0.15) is 39.0 Å². The molecule has 0 bridgehead atoms. The largest absolute Gasteiger partial charge is 0.466 e. The van der Waals surface area contributed by atoms with Crippen molar-refractivity contribution in [3.8, 4) is 5.75 Å². The zero-order chi connectivity index (χ0) is 15.7. The van der Waals surface area contributed by atoms with Crippen LogP contribution in [0, 0.1) is 0 Å². The Labute approximate surface area is 134 Å². The van der Waals surface area contributed by atoms with Gasteiger partial charge in [0.1, 0.15) is 5.75 Å². The van der Waals surface area contributed by atoms with E-state index in [4.69, 9.17) is 32.7 Å². The second-order valence-corrected chi connectivity index (χ2v) is 5.38. The van der Waals surface area contributed by atoms with E-state index in [1.165, 1.54) is 12.1 Å². The number of rotatable bonds is 8. The summed E-state index contributed by atoms with van der Waals surface area (Å²) in [7, 11) is 0. The molecule has 0 aliphatic heterocycles. The molecule has 0 aromatic heterocycles. The number of ether oxygens (including phenoxy) is 2. The lowest BCUT2D eigenvalue weighted by atomic mass is 10.2. The van der Waals surface area contributed by atoms with Gasteiger partial charge in [0.2, 0.25) is 0 Å². The first-order valence-electron chi connectivity index (χ1n) is 6.83. The summed E-state index contributed by atoms with van der Waals surface area (Å²) in [5.41, 5.74) is 0. The maximum absolute atomic E-state index is 11.6. The zero-order valence-electron chi connectivity index (χ0n) is 11.9. The highest BCUT2D eigenvalue weighted by Crippen LogP contribution is 2.24. The van der Waals surface area contributed by atoms with E-state index in [1.54, 1.807) is 6.07 Å². The van der Waals surface area contributed by atoms with Gasteiger partial charge in [-0.25, -0.2) is 0 Å². The fourth-order valence-corrected chi connectivity index (χ4v) is 2.06. The van der Waals surface area contributed by atoms with E-state index in [1.807, 2.05) is 6.92 Å². The molecule has 6 heteroatoms. The van der Waals surface area contributed by atoms with Crippen LogP contribution in [0.15, 0.2) is 18.2 Å². The standard InChI is InChI=1S/C15H18Cl2O4/c1-2-3-7-20-14(18)5-4-6-15(19)21-13-9-11(16)8-12(17)10-13/h8-10H,2-7H2,1H3. The minimum Gasteiger partial charge on any atom is -0.466 e. The second kappa shape index (κ2) is 9.64. The number of hydrogen-bond donors (Lipinski definition) is 0. The molecule has 1 aromatic carbocycles. The Bertz CT molecular complexity index is 468. The summed E-state index contributed by atoms with van der Waals surface area (Å²) < 4.78 is 10.1. The van der Waals surface area contributed by atoms with Crippen molar-refractivity contribution in [1.82, 2.24) is 0 Å². The molecular formula is C15H18Cl2O4. The maximum Gasteiger partial charge on any atom is 0.311 e. The molecule has 0 saturated heterocycles. The van der Waals surface area contributed by atoms with E-state index in [9.17, 15) is 9.59 Å². The highest BCUT2D eigenvalue weighted by Gasteiger charge is 2.09. The van der Waals surface area contributed by atoms with Crippen LogP contribution in [0.5, 0.6) is 5.75 Å². The number of esters is 2. The number of unbranched alkanes of at least 4 members (excludes halogenated alkanes) is 1. The van der Waals surface area contributed by atoms with Crippen molar-refractivity contribution in [2.75, 3.05) is 6.61 Å². The number of hydrogen-bond acceptors (Lipinski definition) is 4.